The molecule has 0 saturated heterocycles. The minimum atomic E-state index is 0.522. The second-order valence-corrected chi connectivity index (χ2v) is 6.26. The Hall–Kier alpha value is -3.35. The lowest BCUT2D eigenvalue weighted by molar-refractivity contribution is 0.324. The molecule has 28 heavy (non-hydrogen) atoms. The number of ether oxygens (including phenoxy) is 4. The summed E-state index contributed by atoms with van der Waals surface area (Å²) >= 11 is 0. The van der Waals surface area contributed by atoms with Crippen LogP contribution >= 0.6 is 0 Å². The van der Waals surface area contributed by atoms with Gasteiger partial charge in [0.15, 0.2) is 17.3 Å². The van der Waals surface area contributed by atoms with Gasteiger partial charge in [0.05, 0.1) is 40.2 Å². The minimum absolute atomic E-state index is 0.522. The predicted molar refractivity (Wildman–Crippen MR) is 108 cm³/mol. The van der Waals surface area contributed by atoms with Crippen molar-refractivity contribution < 1.29 is 23.5 Å². The van der Waals surface area contributed by atoms with Gasteiger partial charge < -0.3 is 28.4 Å². The normalized spacial score (nSPS) is 10.5. The molecule has 0 bridgehead atoms. The molecule has 0 aliphatic rings. The summed E-state index contributed by atoms with van der Waals surface area (Å²) in [4.78, 5) is 2.02. The Morgan fingerprint density at radius 1 is 0.821 bits per heavy atom. The highest BCUT2D eigenvalue weighted by molar-refractivity contribution is 5.88. The van der Waals surface area contributed by atoms with Crippen LogP contribution in [0.2, 0.25) is 0 Å². The first-order chi connectivity index (χ1) is 13.5. The number of rotatable bonds is 7. The number of methoxy groups -OCH3 is 4. The van der Waals surface area contributed by atoms with Crippen molar-refractivity contribution in [3.8, 4) is 45.4 Å². The standard InChI is InChI=1S/C21H24N2O5/c1-23(2)17-11-14(24-3)7-8-15(17)16-12-22-28-20(16)13-9-18(25-4)21(27-6)19(10-13)26-5/h7-12H,1-6H3. The molecular weight excluding hydrogens is 360 g/mol. The quantitative estimate of drug-likeness (QED) is 0.607. The lowest BCUT2D eigenvalue weighted by atomic mass is 9.99. The zero-order valence-corrected chi connectivity index (χ0v) is 16.9. The van der Waals surface area contributed by atoms with Crippen molar-refractivity contribution in [2.45, 2.75) is 0 Å². The van der Waals surface area contributed by atoms with E-state index in [-0.39, 0.29) is 0 Å². The summed E-state index contributed by atoms with van der Waals surface area (Å²) in [6, 6.07) is 9.55. The molecular formula is C21H24N2O5. The first kappa shape index (κ1) is 19.4. The molecule has 0 aliphatic heterocycles. The zero-order chi connectivity index (χ0) is 20.3. The molecule has 3 rings (SSSR count). The monoisotopic (exact) mass is 384 g/mol. The van der Waals surface area contributed by atoms with Gasteiger partial charge in [-0.1, -0.05) is 5.16 Å². The minimum Gasteiger partial charge on any atom is -0.497 e. The van der Waals surface area contributed by atoms with Crippen molar-refractivity contribution in [2.24, 2.45) is 0 Å². The van der Waals surface area contributed by atoms with Crippen LogP contribution in [0.25, 0.3) is 22.5 Å². The lowest BCUT2D eigenvalue weighted by Crippen LogP contribution is -2.10. The van der Waals surface area contributed by atoms with E-state index in [4.69, 9.17) is 23.5 Å². The average Bonchev–Trinajstić information content (AvgIpc) is 3.21. The first-order valence-corrected chi connectivity index (χ1v) is 8.64. The molecule has 148 valence electrons. The van der Waals surface area contributed by atoms with Gasteiger partial charge in [-0.15, -0.1) is 0 Å². The Morgan fingerprint density at radius 2 is 1.50 bits per heavy atom. The van der Waals surface area contributed by atoms with Crippen molar-refractivity contribution in [3.05, 3.63) is 36.5 Å². The van der Waals surface area contributed by atoms with Crippen LogP contribution < -0.4 is 23.8 Å². The molecule has 1 aromatic heterocycles. The first-order valence-electron chi connectivity index (χ1n) is 8.64. The van der Waals surface area contributed by atoms with Crippen LogP contribution in [0.3, 0.4) is 0 Å². The maximum Gasteiger partial charge on any atom is 0.203 e. The molecule has 0 amide bonds. The van der Waals surface area contributed by atoms with E-state index in [0.29, 0.717) is 23.0 Å². The zero-order valence-electron chi connectivity index (χ0n) is 16.9. The molecule has 0 N–H and O–H groups in total. The van der Waals surface area contributed by atoms with Crippen LogP contribution in [-0.4, -0.2) is 47.7 Å². The molecule has 0 atom stereocenters. The van der Waals surface area contributed by atoms with E-state index in [1.807, 2.05) is 49.3 Å². The number of aromatic nitrogens is 1. The highest BCUT2D eigenvalue weighted by atomic mass is 16.5. The maximum atomic E-state index is 5.62. The fourth-order valence-electron chi connectivity index (χ4n) is 3.09. The van der Waals surface area contributed by atoms with Crippen LogP contribution in [-0.2, 0) is 0 Å². The summed E-state index contributed by atoms with van der Waals surface area (Å²) in [5.41, 5.74) is 3.56. The smallest absolute Gasteiger partial charge is 0.203 e. The van der Waals surface area contributed by atoms with Gasteiger partial charge in [-0.2, -0.15) is 0 Å². The summed E-state index contributed by atoms with van der Waals surface area (Å²) in [6.07, 6.45) is 1.70. The van der Waals surface area contributed by atoms with Gasteiger partial charge in [0.1, 0.15) is 5.75 Å². The van der Waals surface area contributed by atoms with Crippen molar-refractivity contribution in [3.63, 3.8) is 0 Å². The van der Waals surface area contributed by atoms with Crippen LogP contribution in [0.4, 0.5) is 5.69 Å². The van der Waals surface area contributed by atoms with Gasteiger partial charge in [0, 0.05) is 37.0 Å². The molecule has 3 aromatic rings. The SMILES string of the molecule is COc1ccc(-c2cnoc2-c2cc(OC)c(OC)c(OC)c2)c(N(C)C)c1. The van der Waals surface area contributed by atoms with E-state index < -0.39 is 0 Å². The predicted octanol–water partition coefficient (Wildman–Crippen LogP) is 4.11. The molecule has 7 nitrogen and oxygen atoms in total. The maximum absolute atomic E-state index is 5.62. The van der Waals surface area contributed by atoms with E-state index in [1.165, 1.54) is 0 Å². The fourth-order valence-corrected chi connectivity index (χ4v) is 3.09. The molecule has 2 aromatic carbocycles. The highest BCUT2D eigenvalue weighted by Gasteiger charge is 2.21. The van der Waals surface area contributed by atoms with Crippen molar-refractivity contribution >= 4 is 5.69 Å². The molecule has 0 fully saturated rings. The average molecular weight is 384 g/mol. The Morgan fingerprint density at radius 3 is 2.04 bits per heavy atom. The van der Waals surface area contributed by atoms with Gasteiger partial charge in [0.2, 0.25) is 5.75 Å². The molecule has 0 unspecified atom stereocenters. The Balaban J connectivity index is 2.19. The third-order valence-corrected chi connectivity index (χ3v) is 4.47. The Kier molecular flexibility index (Phi) is 5.63. The van der Waals surface area contributed by atoms with Crippen LogP contribution in [0.1, 0.15) is 0 Å². The molecule has 1 heterocycles. The van der Waals surface area contributed by atoms with E-state index in [0.717, 1.165) is 28.1 Å². The second kappa shape index (κ2) is 8.12. The number of nitrogens with zero attached hydrogens (tertiary/aromatic N) is 2. The molecule has 0 radical (unpaired) electrons. The second-order valence-electron chi connectivity index (χ2n) is 6.26. The van der Waals surface area contributed by atoms with Crippen molar-refractivity contribution in [1.29, 1.82) is 0 Å². The van der Waals surface area contributed by atoms with Gasteiger partial charge in [0.25, 0.3) is 0 Å². The van der Waals surface area contributed by atoms with Crippen LogP contribution in [0.15, 0.2) is 41.1 Å². The lowest BCUT2D eigenvalue weighted by Gasteiger charge is -2.18. The third-order valence-electron chi connectivity index (χ3n) is 4.47. The fraction of sp³-hybridized carbons (Fsp3) is 0.286. The number of benzene rings is 2. The number of hydrogen-bond donors (Lipinski definition) is 0. The molecule has 0 aliphatic carbocycles. The largest absolute Gasteiger partial charge is 0.497 e. The topological polar surface area (TPSA) is 66.2 Å². The van der Waals surface area contributed by atoms with E-state index in [2.05, 4.69) is 5.16 Å². The van der Waals surface area contributed by atoms with Crippen molar-refractivity contribution in [1.82, 2.24) is 5.16 Å². The van der Waals surface area contributed by atoms with Crippen molar-refractivity contribution in [2.75, 3.05) is 47.4 Å². The van der Waals surface area contributed by atoms with Gasteiger partial charge in [-0.3, -0.25) is 0 Å². The Bertz CT molecular complexity index is 940. The number of anilines is 1. The molecule has 0 saturated carbocycles. The number of hydrogen-bond acceptors (Lipinski definition) is 7. The van der Waals surface area contributed by atoms with Crippen LogP contribution in [0.5, 0.6) is 23.0 Å². The summed E-state index contributed by atoms with van der Waals surface area (Å²) in [5, 5.41) is 4.03. The summed E-state index contributed by atoms with van der Waals surface area (Å²) < 4.78 is 27.3. The van der Waals surface area contributed by atoms with E-state index in [9.17, 15) is 0 Å². The van der Waals surface area contributed by atoms with E-state index >= 15 is 0 Å². The summed E-state index contributed by atoms with van der Waals surface area (Å²) in [6.45, 7) is 0. The molecule has 0 spiro atoms. The van der Waals surface area contributed by atoms with Crippen LogP contribution in [0, 0.1) is 0 Å². The summed E-state index contributed by atoms with van der Waals surface area (Å²) in [7, 11) is 10.3. The van der Waals surface area contributed by atoms with Gasteiger partial charge in [-0.05, 0) is 24.3 Å². The highest BCUT2D eigenvalue weighted by Crippen LogP contribution is 2.44. The van der Waals surface area contributed by atoms with Gasteiger partial charge in [-0.25, -0.2) is 0 Å². The van der Waals surface area contributed by atoms with Gasteiger partial charge >= 0.3 is 0 Å². The summed E-state index contributed by atoms with van der Waals surface area (Å²) in [5.74, 6) is 2.99. The molecule has 7 heteroatoms. The van der Waals surface area contributed by atoms with E-state index in [1.54, 1.807) is 34.6 Å². The Labute approximate surface area is 164 Å². The third kappa shape index (κ3) is 3.43.